The molecule has 1 fully saturated rings. The second kappa shape index (κ2) is 5.41. The zero-order chi connectivity index (χ0) is 13.1. The molecular formula is C14H15ClN2O. The van der Waals surface area contributed by atoms with E-state index in [1.807, 2.05) is 13.1 Å². The van der Waals surface area contributed by atoms with Gasteiger partial charge >= 0.3 is 0 Å². The summed E-state index contributed by atoms with van der Waals surface area (Å²) in [5.41, 5.74) is 1.48. The highest BCUT2D eigenvalue weighted by Crippen LogP contribution is 2.29. The third-order valence-corrected chi connectivity index (χ3v) is 3.76. The van der Waals surface area contributed by atoms with Crippen molar-refractivity contribution in [2.45, 2.75) is 31.7 Å². The lowest BCUT2D eigenvalue weighted by Crippen LogP contribution is -2.35. The summed E-state index contributed by atoms with van der Waals surface area (Å²) >= 11 is 5.99. The summed E-state index contributed by atoms with van der Waals surface area (Å²) in [6.07, 6.45) is 2.98. The van der Waals surface area contributed by atoms with Gasteiger partial charge in [-0.3, -0.25) is 4.79 Å². The first-order chi connectivity index (χ1) is 8.61. The standard InChI is InChI=1S/C14H15ClN2O/c1-17(12-4-6-13(18)7-5-12)14-8-11(15)3-2-10(14)9-16/h2-3,8,12H,4-7H2,1H3. The Kier molecular flexibility index (Phi) is 3.88. The molecule has 4 heteroatoms. The van der Waals surface area contributed by atoms with Crippen molar-refractivity contribution in [3.63, 3.8) is 0 Å². The van der Waals surface area contributed by atoms with E-state index in [1.165, 1.54) is 0 Å². The van der Waals surface area contributed by atoms with Gasteiger partial charge < -0.3 is 4.90 Å². The summed E-state index contributed by atoms with van der Waals surface area (Å²) in [6.45, 7) is 0. The molecule has 0 amide bonds. The molecule has 0 atom stereocenters. The zero-order valence-corrected chi connectivity index (χ0v) is 11.1. The number of carbonyl (C=O) groups is 1. The molecule has 1 saturated carbocycles. The molecule has 1 aromatic carbocycles. The molecule has 0 heterocycles. The molecule has 2 rings (SSSR count). The van der Waals surface area contributed by atoms with Crippen molar-refractivity contribution < 1.29 is 4.79 Å². The lowest BCUT2D eigenvalue weighted by Gasteiger charge is -2.33. The van der Waals surface area contributed by atoms with Crippen LogP contribution in [-0.4, -0.2) is 18.9 Å². The first-order valence-electron chi connectivity index (χ1n) is 6.06. The van der Waals surface area contributed by atoms with Crippen LogP contribution in [0.4, 0.5) is 5.69 Å². The highest BCUT2D eigenvalue weighted by atomic mass is 35.5. The number of halogens is 1. The van der Waals surface area contributed by atoms with Crippen LogP contribution >= 0.6 is 11.6 Å². The summed E-state index contributed by atoms with van der Waals surface area (Å²) in [5.74, 6) is 0.339. The highest BCUT2D eigenvalue weighted by molar-refractivity contribution is 6.30. The van der Waals surface area contributed by atoms with Crippen LogP contribution in [0.1, 0.15) is 31.2 Å². The van der Waals surface area contributed by atoms with Gasteiger partial charge in [-0.1, -0.05) is 11.6 Å². The van der Waals surface area contributed by atoms with E-state index >= 15 is 0 Å². The van der Waals surface area contributed by atoms with Crippen LogP contribution in [0.2, 0.25) is 5.02 Å². The molecular weight excluding hydrogens is 248 g/mol. The zero-order valence-electron chi connectivity index (χ0n) is 10.3. The Bertz CT molecular complexity index is 497. The van der Waals surface area contributed by atoms with Crippen molar-refractivity contribution in [3.05, 3.63) is 28.8 Å². The normalized spacial score (nSPS) is 16.4. The Labute approximate surface area is 112 Å². The maximum absolute atomic E-state index is 11.3. The quantitative estimate of drug-likeness (QED) is 0.822. The summed E-state index contributed by atoms with van der Waals surface area (Å²) < 4.78 is 0. The van der Waals surface area contributed by atoms with E-state index in [1.54, 1.807) is 12.1 Å². The minimum Gasteiger partial charge on any atom is -0.370 e. The minimum absolute atomic E-state index is 0.313. The van der Waals surface area contributed by atoms with E-state index in [2.05, 4.69) is 11.0 Å². The van der Waals surface area contributed by atoms with Crippen molar-refractivity contribution in [1.29, 1.82) is 5.26 Å². The molecule has 0 unspecified atom stereocenters. The van der Waals surface area contributed by atoms with E-state index in [9.17, 15) is 4.79 Å². The molecule has 0 spiro atoms. The number of nitriles is 1. The molecule has 0 bridgehead atoms. The Morgan fingerprint density at radius 1 is 1.39 bits per heavy atom. The SMILES string of the molecule is CN(c1cc(Cl)ccc1C#N)C1CCC(=O)CC1. The van der Waals surface area contributed by atoms with Crippen LogP contribution in [0, 0.1) is 11.3 Å². The van der Waals surface area contributed by atoms with Crippen molar-refractivity contribution in [3.8, 4) is 6.07 Å². The number of rotatable bonds is 2. The van der Waals surface area contributed by atoms with E-state index in [4.69, 9.17) is 16.9 Å². The van der Waals surface area contributed by atoms with Crippen LogP contribution in [-0.2, 0) is 4.79 Å². The Morgan fingerprint density at radius 2 is 2.06 bits per heavy atom. The fraction of sp³-hybridized carbons (Fsp3) is 0.429. The number of nitrogens with zero attached hydrogens (tertiary/aromatic N) is 2. The fourth-order valence-corrected chi connectivity index (χ4v) is 2.57. The number of anilines is 1. The molecule has 1 aliphatic rings. The van der Waals surface area contributed by atoms with Crippen LogP contribution in [0.25, 0.3) is 0 Å². The summed E-state index contributed by atoms with van der Waals surface area (Å²) in [5, 5.41) is 9.75. The van der Waals surface area contributed by atoms with Crippen LogP contribution in [0.15, 0.2) is 18.2 Å². The molecule has 3 nitrogen and oxygen atoms in total. The Morgan fingerprint density at radius 3 is 2.67 bits per heavy atom. The van der Waals surface area contributed by atoms with Crippen molar-refractivity contribution in [2.24, 2.45) is 0 Å². The third kappa shape index (κ3) is 2.65. The highest BCUT2D eigenvalue weighted by Gasteiger charge is 2.23. The van der Waals surface area contributed by atoms with E-state index in [0.717, 1.165) is 18.5 Å². The molecule has 94 valence electrons. The molecule has 1 aliphatic carbocycles. The van der Waals surface area contributed by atoms with Crippen molar-refractivity contribution in [2.75, 3.05) is 11.9 Å². The van der Waals surface area contributed by atoms with E-state index < -0.39 is 0 Å². The molecule has 0 N–H and O–H groups in total. The van der Waals surface area contributed by atoms with Gasteiger partial charge in [0.15, 0.2) is 0 Å². The summed E-state index contributed by atoms with van der Waals surface area (Å²) in [7, 11) is 1.97. The number of benzene rings is 1. The number of hydrogen-bond acceptors (Lipinski definition) is 3. The van der Waals surface area contributed by atoms with Gasteiger partial charge in [0.2, 0.25) is 0 Å². The number of hydrogen-bond donors (Lipinski definition) is 0. The lowest BCUT2D eigenvalue weighted by atomic mass is 9.93. The molecule has 1 aromatic rings. The summed E-state index contributed by atoms with van der Waals surface area (Å²) in [6, 6.07) is 7.78. The smallest absolute Gasteiger partial charge is 0.133 e. The van der Waals surface area contributed by atoms with Gasteiger partial charge in [0.25, 0.3) is 0 Å². The Balaban J connectivity index is 2.23. The first-order valence-corrected chi connectivity index (χ1v) is 6.44. The molecule has 0 radical (unpaired) electrons. The van der Waals surface area contributed by atoms with Crippen LogP contribution < -0.4 is 4.90 Å². The van der Waals surface area contributed by atoms with Gasteiger partial charge in [0, 0.05) is 31.0 Å². The van der Waals surface area contributed by atoms with Crippen molar-refractivity contribution in [1.82, 2.24) is 0 Å². The fourth-order valence-electron chi connectivity index (χ4n) is 2.40. The molecule has 0 aliphatic heterocycles. The Hall–Kier alpha value is -1.53. The first kappa shape index (κ1) is 12.9. The van der Waals surface area contributed by atoms with Gasteiger partial charge in [-0.2, -0.15) is 5.26 Å². The monoisotopic (exact) mass is 262 g/mol. The van der Waals surface area contributed by atoms with Gasteiger partial charge in [-0.05, 0) is 31.0 Å². The maximum Gasteiger partial charge on any atom is 0.133 e. The van der Waals surface area contributed by atoms with Crippen molar-refractivity contribution >= 4 is 23.1 Å². The predicted octanol–water partition coefficient (Wildman–Crippen LogP) is 3.16. The second-order valence-electron chi connectivity index (χ2n) is 4.65. The summed E-state index contributed by atoms with van der Waals surface area (Å²) in [4.78, 5) is 13.3. The van der Waals surface area contributed by atoms with Gasteiger partial charge in [0.1, 0.15) is 11.9 Å². The number of Topliss-reactive ketones (excluding diaryl/α,β-unsaturated/α-hetero) is 1. The van der Waals surface area contributed by atoms with Crippen LogP contribution in [0.5, 0.6) is 0 Å². The maximum atomic E-state index is 11.3. The number of ketones is 1. The van der Waals surface area contributed by atoms with Gasteiger partial charge in [-0.25, -0.2) is 0 Å². The average molecular weight is 263 g/mol. The molecule has 0 saturated heterocycles. The molecule has 0 aromatic heterocycles. The lowest BCUT2D eigenvalue weighted by molar-refractivity contribution is -0.120. The third-order valence-electron chi connectivity index (χ3n) is 3.52. The largest absolute Gasteiger partial charge is 0.370 e. The minimum atomic E-state index is 0.313. The molecule has 18 heavy (non-hydrogen) atoms. The topological polar surface area (TPSA) is 44.1 Å². The predicted molar refractivity (Wildman–Crippen MR) is 71.8 cm³/mol. The second-order valence-corrected chi connectivity index (χ2v) is 5.09. The van der Waals surface area contributed by atoms with Gasteiger partial charge in [-0.15, -0.1) is 0 Å². The average Bonchev–Trinajstić information content (AvgIpc) is 2.39. The van der Waals surface area contributed by atoms with Crippen LogP contribution in [0.3, 0.4) is 0 Å². The van der Waals surface area contributed by atoms with E-state index in [0.29, 0.717) is 35.3 Å². The number of carbonyl (C=O) groups excluding carboxylic acids is 1. The van der Waals surface area contributed by atoms with Gasteiger partial charge in [0.05, 0.1) is 11.3 Å². The van der Waals surface area contributed by atoms with E-state index in [-0.39, 0.29) is 0 Å².